The lowest BCUT2D eigenvalue weighted by molar-refractivity contribution is 0.299. The number of imidazole rings is 1. The first-order chi connectivity index (χ1) is 10.1. The molecule has 0 bridgehead atoms. The quantitative estimate of drug-likeness (QED) is 0.752. The molecule has 0 saturated heterocycles. The number of nitrogen functional groups attached to an aromatic ring is 1. The number of pyridine rings is 1. The Morgan fingerprint density at radius 3 is 2.95 bits per heavy atom. The largest absolute Gasteiger partial charge is 0.492 e. The van der Waals surface area contributed by atoms with Crippen molar-refractivity contribution < 1.29 is 4.74 Å². The summed E-state index contributed by atoms with van der Waals surface area (Å²) in [6, 6.07) is 7.44. The molecule has 2 aromatic heterocycles. The molecule has 3 aromatic rings. The number of nitrogens with zero attached hydrogens (tertiary/aromatic N) is 3. The third-order valence-electron chi connectivity index (χ3n) is 3.26. The minimum absolute atomic E-state index is 0.527. The van der Waals surface area contributed by atoms with Crippen LogP contribution in [0, 0.1) is 6.92 Å². The number of ether oxygens (including phenoxy) is 1. The maximum Gasteiger partial charge on any atom is 0.159 e. The third-order valence-corrected chi connectivity index (χ3v) is 3.47. The van der Waals surface area contributed by atoms with E-state index < -0.39 is 0 Å². The first kappa shape index (κ1) is 13.7. The normalized spacial score (nSPS) is 11.0. The zero-order valence-corrected chi connectivity index (χ0v) is 12.3. The molecule has 108 valence electrons. The van der Waals surface area contributed by atoms with E-state index in [0.29, 0.717) is 18.2 Å². The van der Waals surface area contributed by atoms with Gasteiger partial charge in [-0.1, -0.05) is 11.6 Å². The van der Waals surface area contributed by atoms with Crippen molar-refractivity contribution in [1.29, 1.82) is 0 Å². The van der Waals surface area contributed by atoms with E-state index in [1.807, 2.05) is 29.7 Å². The SMILES string of the molecule is Cc1cc(OCCn2cnc3cc(Cl)cnc32)ccc1N. The highest BCUT2D eigenvalue weighted by Gasteiger charge is 2.05. The Balaban J connectivity index is 1.68. The molecule has 0 atom stereocenters. The molecule has 0 aliphatic rings. The van der Waals surface area contributed by atoms with E-state index in [2.05, 4.69) is 9.97 Å². The monoisotopic (exact) mass is 302 g/mol. The highest BCUT2D eigenvalue weighted by atomic mass is 35.5. The number of anilines is 1. The number of nitrogens with two attached hydrogens (primary N) is 1. The molecule has 1 aromatic carbocycles. The number of fused-ring (bicyclic) bond motifs is 1. The number of aromatic nitrogens is 3. The molecule has 6 heteroatoms. The van der Waals surface area contributed by atoms with Gasteiger partial charge >= 0.3 is 0 Å². The second-order valence-electron chi connectivity index (χ2n) is 4.80. The molecule has 21 heavy (non-hydrogen) atoms. The average molecular weight is 303 g/mol. The molecular formula is C15H15ClN4O. The average Bonchev–Trinajstić information content (AvgIpc) is 2.85. The fraction of sp³-hybridized carbons (Fsp3) is 0.200. The standard InChI is InChI=1S/C15H15ClN4O/c1-10-6-12(2-3-13(10)17)21-5-4-20-9-19-14-7-11(16)8-18-15(14)20/h2-3,6-9H,4-5,17H2,1H3. The van der Waals surface area contributed by atoms with Crippen LogP contribution in [0.3, 0.4) is 0 Å². The number of hydrogen-bond acceptors (Lipinski definition) is 4. The van der Waals surface area contributed by atoms with Gasteiger partial charge in [0.15, 0.2) is 5.65 Å². The van der Waals surface area contributed by atoms with E-state index in [0.717, 1.165) is 28.2 Å². The molecule has 2 N–H and O–H groups in total. The van der Waals surface area contributed by atoms with Crippen LogP contribution in [-0.4, -0.2) is 21.1 Å². The van der Waals surface area contributed by atoms with Crippen molar-refractivity contribution in [2.75, 3.05) is 12.3 Å². The van der Waals surface area contributed by atoms with Gasteiger partial charge in [-0.05, 0) is 36.8 Å². The summed E-state index contributed by atoms with van der Waals surface area (Å²) in [5.74, 6) is 0.808. The summed E-state index contributed by atoms with van der Waals surface area (Å²) < 4.78 is 7.67. The lowest BCUT2D eigenvalue weighted by Gasteiger charge is -2.09. The van der Waals surface area contributed by atoms with Crippen LogP contribution in [0.15, 0.2) is 36.8 Å². The maximum atomic E-state index is 5.89. The van der Waals surface area contributed by atoms with Gasteiger partial charge < -0.3 is 15.0 Å². The predicted octanol–water partition coefficient (Wildman–Crippen LogP) is 3.05. The molecule has 0 spiro atoms. The van der Waals surface area contributed by atoms with E-state index in [9.17, 15) is 0 Å². The van der Waals surface area contributed by atoms with Crippen molar-refractivity contribution in [2.45, 2.75) is 13.5 Å². The van der Waals surface area contributed by atoms with Gasteiger partial charge in [0.2, 0.25) is 0 Å². The first-order valence-electron chi connectivity index (χ1n) is 6.59. The van der Waals surface area contributed by atoms with E-state index in [-0.39, 0.29) is 0 Å². The minimum Gasteiger partial charge on any atom is -0.492 e. The maximum absolute atomic E-state index is 5.89. The van der Waals surface area contributed by atoms with E-state index in [1.165, 1.54) is 0 Å². The Labute approximate surface area is 127 Å². The van der Waals surface area contributed by atoms with Crippen LogP contribution in [0.25, 0.3) is 11.2 Å². The fourth-order valence-electron chi connectivity index (χ4n) is 2.09. The lowest BCUT2D eigenvalue weighted by atomic mass is 10.2. The van der Waals surface area contributed by atoms with Crippen LogP contribution < -0.4 is 10.5 Å². The molecule has 0 fully saturated rings. The van der Waals surface area contributed by atoms with Crippen LogP contribution in [0.5, 0.6) is 5.75 Å². The fourth-order valence-corrected chi connectivity index (χ4v) is 2.24. The molecule has 0 radical (unpaired) electrons. The van der Waals surface area contributed by atoms with Gasteiger partial charge in [-0.25, -0.2) is 9.97 Å². The molecule has 3 rings (SSSR count). The van der Waals surface area contributed by atoms with Gasteiger partial charge in [-0.3, -0.25) is 0 Å². The summed E-state index contributed by atoms with van der Waals surface area (Å²) in [6.07, 6.45) is 3.36. The zero-order valence-electron chi connectivity index (χ0n) is 11.6. The van der Waals surface area contributed by atoms with E-state index in [4.69, 9.17) is 22.1 Å². The second kappa shape index (κ2) is 5.61. The van der Waals surface area contributed by atoms with Gasteiger partial charge in [-0.2, -0.15) is 0 Å². The van der Waals surface area contributed by atoms with Gasteiger partial charge in [0.25, 0.3) is 0 Å². The van der Waals surface area contributed by atoms with Crippen molar-refractivity contribution in [3.63, 3.8) is 0 Å². The van der Waals surface area contributed by atoms with Gasteiger partial charge in [0.05, 0.1) is 17.9 Å². The Kier molecular flexibility index (Phi) is 3.66. The molecule has 0 amide bonds. The van der Waals surface area contributed by atoms with Crippen LogP contribution >= 0.6 is 11.6 Å². The summed E-state index contributed by atoms with van der Waals surface area (Å²) in [5.41, 5.74) is 9.15. The number of halogens is 1. The highest BCUT2D eigenvalue weighted by Crippen LogP contribution is 2.19. The number of aryl methyl sites for hydroxylation is 1. The molecular weight excluding hydrogens is 288 g/mol. The number of hydrogen-bond donors (Lipinski definition) is 1. The van der Waals surface area contributed by atoms with E-state index in [1.54, 1.807) is 18.6 Å². The summed E-state index contributed by atoms with van der Waals surface area (Å²) >= 11 is 5.89. The molecule has 2 heterocycles. The van der Waals surface area contributed by atoms with Crippen LogP contribution in [-0.2, 0) is 6.54 Å². The molecule has 5 nitrogen and oxygen atoms in total. The Bertz CT molecular complexity index is 784. The predicted molar refractivity (Wildman–Crippen MR) is 83.6 cm³/mol. The Morgan fingerprint density at radius 2 is 2.14 bits per heavy atom. The van der Waals surface area contributed by atoms with Gasteiger partial charge in [-0.15, -0.1) is 0 Å². The number of benzene rings is 1. The lowest BCUT2D eigenvalue weighted by Crippen LogP contribution is -2.08. The number of rotatable bonds is 4. The first-order valence-corrected chi connectivity index (χ1v) is 6.96. The zero-order chi connectivity index (χ0) is 14.8. The van der Waals surface area contributed by atoms with Crippen molar-refractivity contribution in [3.8, 4) is 5.75 Å². The van der Waals surface area contributed by atoms with Crippen molar-refractivity contribution >= 4 is 28.5 Å². The minimum atomic E-state index is 0.527. The summed E-state index contributed by atoms with van der Waals surface area (Å²) in [4.78, 5) is 8.56. The molecule has 0 unspecified atom stereocenters. The Hall–Kier alpha value is -2.27. The van der Waals surface area contributed by atoms with E-state index >= 15 is 0 Å². The summed E-state index contributed by atoms with van der Waals surface area (Å²) in [7, 11) is 0. The van der Waals surface area contributed by atoms with Crippen LogP contribution in [0.1, 0.15) is 5.56 Å². The second-order valence-corrected chi connectivity index (χ2v) is 5.24. The van der Waals surface area contributed by atoms with Gasteiger partial charge in [0.1, 0.15) is 17.9 Å². The van der Waals surface area contributed by atoms with Crippen molar-refractivity contribution in [3.05, 3.63) is 47.4 Å². The highest BCUT2D eigenvalue weighted by molar-refractivity contribution is 6.31. The summed E-state index contributed by atoms with van der Waals surface area (Å²) in [6.45, 7) is 3.15. The Morgan fingerprint density at radius 1 is 1.29 bits per heavy atom. The van der Waals surface area contributed by atoms with Gasteiger partial charge in [0, 0.05) is 11.9 Å². The summed E-state index contributed by atoms with van der Waals surface area (Å²) in [5, 5.41) is 0.585. The third kappa shape index (κ3) is 2.92. The van der Waals surface area contributed by atoms with Crippen LogP contribution in [0.2, 0.25) is 5.02 Å². The molecule has 0 aliphatic heterocycles. The van der Waals surface area contributed by atoms with Crippen molar-refractivity contribution in [1.82, 2.24) is 14.5 Å². The topological polar surface area (TPSA) is 66.0 Å². The van der Waals surface area contributed by atoms with Crippen molar-refractivity contribution in [2.24, 2.45) is 0 Å². The smallest absolute Gasteiger partial charge is 0.159 e. The molecule has 0 saturated carbocycles. The van der Waals surface area contributed by atoms with Crippen LogP contribution in [0.4, 0.5) is 5.69 Å². The molecule has 0 aliphatic carbocycles.